The van der Waals surface area contributed by atoms with Gasteiger partial charge < -0.3 is 20.1 Å². The summed E-state index contributed by atoms with van der Waals surface area (Å²) in [7, 11) is 0. The first kappa shape index (κ1) is 13.8. The minimum Gasteiger partial charge on any atom is -0.381 e. The van der Waals surface area contributed by atoms with Crippen LogP contribution < -0.4 is 10.6 Å². The Bertz CT molecular complexity index is 225. The Morgan fingerprint density at radius 1 is 1.33 bits per heavy atom. The standard InChI is InChI=1S/C13H24N2O3/c16-13(10-18-12-3-5-14-6-4-12)15-8-11-2-1-7-17-9-11/h11-12,14H,1-10H2,(H,15,16). The van der Waals surface area contributed by atoms with Crippen LogP contribution in [0.15, 0.2) is 0 Å². The fourth-order valence-corrected chi connectivity index (χ4v) is 2.43. The lowest BCUT2D eigenvalue weighted by Gasteiger charge is -2.24. The van der Waals surface area contributed by atoms with Gasteiger partial charge in [-0.25, -0.2) is 0 Å². The maximum absolute atomic E-state index is 11.6. The van der Waals surface area contributed by atoms with Crippen LogP contribution in [0.25, 0.3) is 0 Å². The van der Waals surface area contributed by atoms with Crippen LogP contribution in [0.2, 0.25) is 0 Å². The molecule has 18 heavy (non-hydrogen) atoms. The second-order valence-corrected chi connectivity index (χ2v) is 5.15. The van der Waals surface area contributed by atoms with E-state index in [9.17, 15) is 4.79 Å². The second kappa shape index (κ2) is 7.71. The second-order valence-electron chi connectivity index (χ2n) is 5.15. The van der Waals surface area contributed by atoms with Crippen molar-refractivity contribution in [1.82, 2.24) is 10.6 Å². The van der Waals surface area contributed by atoms with Gasteiger partial charge in [-0.3, -0.25) is 4.79 Å². The zero-order valence-electron chi connectivity index (χ0n) is 11.0. The van der Waals surface area contributed by atoms with Crippen molar-refractivity contribution in [3.63, 3.8) is 0 Å². The predicted octanol–water partition coefficient (Wildman–Crippen LogP) is 0.298. The quantitative estimate of drug-likeness (QED) is 0.742. The van der Waals surface area contributed by atoms with Gasteiger partial charge in [0.05, 0.1) is 12.7 Å². The molecule has 5 nitrogen and oxygen atoms in total. The Morgan fingerprint density at radius 2 is 2.17 bits per heavy atom. The summed E-state index contributed by atoms with van der Waals surface area (Å²) >= 11 is 0. The number of rotatable bonds is 5. The molecule has 2 N–H and O–H groups in total. The van der Waals surface area contributed by atoms with Gasteiger partial charge in [0.25, 0.3) is 0 Å². The van der Waals surface area contributed by atoms with Crippen molar-refractivity contribution in [2.75, 3.05) is 39.5 Å². The van der Waals surface area contributed by atoms with Crippen LogP contribution in [0, 0.1) is 5.92 Å². The van der Waals surface area contributed by atoms with Gasteiger partial charge in [-0.1, -0.05) is 0 Å². The topological polar surface area (TPSA) is 59.6 Å². The first-order chi connectivity index (χ1) is 8.84. The van der Waals surface area contributed by atoms with Gasteiger partial charge in [0.15, 0.2) is 0 Å². The molecule has 5 heteroatoms. The molecule has 0 saturated carbocycles. The minimum atomic E-state index is -0.000828. The lowest BCUT2D eigenvalue weighted by molar-refractivity contribution is -0.128. The van der Waals surface area contributed by atoms with Gasteiger partial charge in [0.2, 0.25) is 5.91 Å². The van der Waals surface area contributed by atoms with Crippen molar-refractivity contribution in [3.8, 4) is 0 Å². The molecular formula is C13H24N2O3. The summed E-state index contributed by atoms with van der Waals surface area (Å²) in [5, 5.41) is 6.21. The van der Waals surface area contributed by atoms with Crippen LogP contribution >= 0.6 is 0 Å². The monoisotopic (exact) mass is 256 g/mol. The maximum Gasteiger partial charge on any atom is 0.246 e. The number of hydrogen-bond donors (Lipinski definition) is 2. The molecule has 0 bridgehead atoms. The largest absolute Gasteiger partial charge is 0.381 e. The molecule has 2 rings (SSSR count). The molecule has 0 radical (unpaired) electrons. The summed E-state index contributed by atoms with van der Waals surface area (Å²) in [5.74, 6) is 0.473. The van der Waals surface area contributed by atoms with E-state index in [-0.39, 0.29) is 18.6 Å². The number of carbonyl (C=O) groups is 1. The zero-order chi connectivity index (χ0) is 12.6. The molecule has 1 atom stereocenters. The summed E-state index contributed by atoms with van der Waals surface area (Å²) < 4.78 is 11.0. The molecule has 0 aromatic heterocycles. The van der Waals surface area contributed by atoms with Gasteiger partial charge in [-0.2, -0.15) is 0 Å². The van der Waals surface area contributed by atoms with Gasteiger partial charge in [-0.05, 0) is 44.7 Å². The van der Waals surface area contributed by atoms with Crippen LogP contribution in [0.4, 0.5) is 0 Å². The highest BCUT2D eigenvalue weighted by molar-refractivity contribution is 5.77. The SMILES string of the molecule is O=C(COC1CCNCC1)NCC1CCCOC1. The minimum absolute atomic E-state index is 0.000828. The van der Waals surface area contributed by atoms with E-state index < -0.39 is 0 Å². The van der Waals surface area contributed by atoms with E-state index in [1.807, 2.05) is 0 Å². The first-order valence-corrected chi connectivity index (χ1v) is 7.01. The van der Waals surface area contributed by atoms with Crippen molar-refractivity contribution in [3.05, 3.63) is 0 Å². The third-order valence-corrected chi connectivity index (χ3v) is 3.58. The van der Waals surface area contributed by atoms with Gasteiger partial charge in [-0.15, -0.1) is 0 Å². The van der Waals surface area contributed by atoms with Crippen LogP contribution in [-0.4, -0.2) is 51.5 Å². The molecule has 2 saturated heterocycles. The number of amides is 1. The number of carbonyl (C=O) groups excluding carboxylic acids is 1. The van der Waals surface area contributed by atoms with Gasteiger partial charge in [0, 0.05) is 13.2 Å². The fraction of sp³-hybridized carbons (Fsp3) is 0.923. The predicted molar refractivity (Wildman–Crippen MR) is 68.4 cm³/mol. The summed E-state index contributed by atoms with van der Waals surface area (Å²) in [6, 6.07) is 0. The Hall–Kier alpha value is -0.650. The molecule has 0 spiro atoms. The lowest BCUT2D eigenvalue weighted by Crippen LogP contribution is -2.38. The molecule has 2 aliphatic heterocycles. The van der Waals surface area contributed by atoms with Crippen molar-refractivity contribution in [2.45, 2.75) is 31.8 Å². The van der Waals surface area contributed by atoms with Gasteiger partial charge in [0.1, 0.15) is 6.61 Å². The molecule has 2 aliphatic rings. The van der Waals surface area contributed by atoms with Crippen LogP contribution in [0.1, 0.15) is 25.7 Å². The van der Waals surface area contributed by atoms with Crippen LogP contribution in [-0.2, 0) is 14.3 Å². The lowest BCUT2D eigenvalue weighted by atomic mass is 10.0. The van der Waals surface area contributed by atoms with E-state index in [0.29, 0.717) is 12.5 Å². The molecular weight excluding hydrogens is 232 g/mol. The smallest absolute Gasteiger partial charge is 0.246 e. The van der Waals surface area contributed by atoms with Crippen molar-refractivity contribution in [2.24, 2.45) is 5.92 Å². The summed E-state index contributed by atoms with van der Waals surface area (Å²) in [4.78, 5) is 11.6. The van der Waals surface area contributed by atoms with Crippen molar-refractivity contribution in [1.29, 1.82) is 0 Å². The van der Waals surface area contributed by atoms with Gasteiger partial charge >= 0.3 is 0 Å². The van der Waals surface area contributed by atoms with E-state index in [1.54, 1.807) is 0 Å². The highest BCUT2D eigenvalue weighted by atomic mass is 16.5. The molecule has 0 aliphatic carbocycles. The number of piperidine rings is 1. The number of ether oxygens (including phenoxy) is 2. The summed E-state index contributed by atoms with van der Waals surface area (Å²) in [6.07, 6.45) is 4.50. The average molecular weight is 256 g/mol. The van der Waals surface area contributed by atoms with Crippen molar-refractivity contribution < 1.29 is 14.3 Å². The number of hydrogen-bond acceptors (Lipinski definition) is 4. The average Bonchev–Trinajstić information content (AvgIpc) is 2.45. The molecule has 1 amide bonds. The van der Waals surface area contributed by atoms with Crippen LogP contribution in [0.3, 0.4) is 0 Å². The molecule has 2 heterocycles. The number of nitrogens with one attached hydrogen (secondary N) is 2. The summed E-state index contributed by atoms with van der Waals surface area (Å²) in [5.41, 5.74) is 0. The Morgan fingerprint density at radius 3 is 2.89 bits per heavy atom. The van der Waals surface area contributed by atoms with E-state index >= 15 is 0 Å². The molecule has 0 aromatic rings. The highest BCUT2D eigenvalue weighted by Crippen LogP contribution is 2.12. The fourth-order valence-electron chi connectivity index (χ4n) is 2.43. The third-order valence-electron chi connectivity index (χ3n) is 3.58. The zero-order valence-corrected chi connectivity index (χ0v) is 11.0. The highest BCUT2D eigenvalue weighted by Gasteiger charge is 2.17. The Kier molecular flexibility index (Phi) is 5.90. The Balaban J connectivity index is 1.54. The Labute approximate surface area is 109 Å². The maximum atomic E-state index is 11.6. The molecule has 0 aromatic carbocycles. The third kappa shape index (κ3) is 4.92. The van der Waals surface area contributed by atoms with E-state index in [4.69, 9.17) is 9.47 Å². The van der Waals surface area contributed by atoms with Crippen molar-refractivity contribution >= 4 is 5.91 Å². The molecule has 2 fully saturated rings. The first-order valence-electron chi connectivity index (χ1n) is 7.01. The van der Waals surface area contributed by atoms with E-state index in [1.165, 1.54) is 0 Å². The molecule has 104 valence electrons. The van der Waals surface area contributed by atoms with E-state index in [2.05, 4.69) is 10.6 Å². The normalized spacial score (nSPS) is 25.9. The summed E-state index contributed by atoms with van der Waals surface area (Å²) in [6.45, 7) is 4.53. The van der Waals surface area contributed by atoms with Crippen LogP contribution in [0.5, 0.6) is 0 Å². The molecule has 1 unspecified atom stereocenters. The van der Waals surface area contributed by atoms with E-state index in [0.717, 1.165) is 52.0 Å².